The standard InChI is InChI=1S/C15H14N4O2/c1-21-11-4-5-12(16)14(7-11)18-15(20)9-2-3-10-8-17-19-13(10)6-9/h2-8H,16H2,1H3,(H,17,19)(H,18,20). The third-order valence-corrected chi connectivity index (χ3v) is 3.21. The zero-order chi connectivity index (χ0) is 14.8. The van der Waals surface area contributed by atoms with E-state index >= 15 is 0 Å². The number of hydrogen-bond donors (Lipinski definition) is 3. The number of benzene rings is 2. The van der Waals surface area contributed by atoms with E-state index in [2.05, 4.69) is 15.5 Å². The van der Waals surface area contributed by atoms with Crippen LogP contribution in [-0.4, -0.2) is 23.2 Å². The first-order valence-corrected chi connectivity index (χ1v) is 6.35. The molecule has 2 aromatic carbocycles. The Labute approximate surface area is 120 Å². The highest BCUT2D eigenvalue weighted by Gasteiger charge is 2.10. The summed E-state index contributed by atoms with van der Waals surface area (Å²) in [6.07, 6.45) is 1.71. The normalized spacial score (nSPS) is 10.5. The summed E-state index contributed by atoms with van der Waals surface area (Å²) in [7, 11) is 1.56. The zero-order valence-electron chi connectivity index (χ0n) is 11.4. The number of hydrogen-bond acceptors (Lipinski definition) is 4. The topological polar surface area (TPSA) is 93.0 Å². The number of aromatic amines is 1. The van der Waals surface area contributed by atoms with E-state index in [-0.39, 0.29) is 5.91 Å². The van der Waals surface area contributed by atoms with E-state index in [1.54, 1.807) is 43.6 Å². The molecule has 0 aliphatic heterocycles. The van der Waals surface area contributed by atoms with Crippen molar-refractivity contribution in [2.24, 2.45) is 0 Å². The summed E-state index contributed by atoms with van der Waals surface area (Å²) in [5.41, 5.74) is 8.18. The number of ether oxygens (including phenoxy) is 1. The van der Waals surface area contributed by atoms with E-state index in [4.69, 9.17) is 10.5 Å². The van der Waals surface area contributed by atoms with E-state index in [1.807, 2.05) is 6.07 Å². The fourth-order valence-electron chi connectivity index (χ4n) is 2.04. The summed E-state index contributed by atoms with van der Waals surface area (Å²) in [5.74, 6) is 0.384. The lowest BCUT2D eigenvalue weighted by molar-refractivity contribution is 0.102. The lowest BCUT2D eigenvalue weighted by Crippen LogP contribution is -2.13. The molecule has 0 saturated heterocycles. The number of aromatic nitrogens is 2. The maximum Gasteiger partial charge on any atom is 0.255 e. The monoisotopic (exact) mass is 282 g/mol. The molecule has 3 aromatic rings. The maximum absolute atomic E-state index is 12.3. The third-order valence-electron chi connectivity index (χ3n) is 3.21. The summed E-state index contributed by atoms with van der Waals surface area (Å²) >= 11 is 0. The molecule has 21 heavy (non-hydrogen) atoms. The van der Waals surface area contributed by atoms with Crippen molar-refractivity contribution in [3.63, 3.8) is 0 Å². The molecule has 1 heterocycles. The fraction of sp³-hybridized carbons (Fsp3) is 0.0667. The largest absolute Gasteiger partial charge is 0.497 e. The molecular formula is C15H14N4O2. The van der Waals surface area contributed by atoms with E-state index in [0.29, 0.717) is 22.7 Å². The minimum absolute atomic E-state index is 0.244. The summed E-state index contributed by atoms with van der Waals surface area (Å²) in [6, 6.07) is 10.4. The smallest absolute Gasteiger partial charge is 0.255 e. The first-order valence-electron chi connectivity index (χ1n) is 6.35. The highest BCUT2D eigenvalue weighted by Crippen LogP contribution is 2.25. The Morgan fingerprint density at radius 1 is 1.29 bits per heavy atom. The molecule has 0 atom stereocenters. The van der Waals surface area contributed by atoms with Gasteiger partial charge in [-0.05, 0) is 24.3 Å². The Hall–Kier alpha value is -3.02. The van der Waals surface area contributed by atoms with Crippen LogP contribution in [0.1, 0.15) is 10.4 Å². The predicted molar refractivity (Wildman–Crippen MR) is 81.5 cm³/mol. The average molecular weight is 282 g/mol. The van der Waals surface area contributed by atoms with Crippen LogP contribution in [0.25, 0.3) is 10.9 Å². The van der Waals surface area contributed by atoms with Gasteiger partial charge >= 0.3 is 0 Å². The number of amides is 1. The lowest BCUT2D eigenvalue weighted by atomic mass is 10.1. The molecule has 0 fully saturated rings. The molecule has 0 aliphatic carbocycles. The van der Waals surface area contributed by atoms with Crippen molar-refractivity contribution in [3.05, 3.63) is 48.2 Å². The van der Waals surface area contributed by atoms with Gasteiger partial charge in [-0.1, -0.05) is 6.07 Å². The van der Waals surface area contributed by atoms with Crippen LogP contribution in [0.5, 0.6) is 5.75 Å². The van der Waals surface area contributed by atoms with Gasteiger partial charge in [0.25, 0.3) is 5.91 Å². The second-order valence-electron chi connectivity index (χ2n) is 4.58. The Morgan fingerprint density at radius 3 is 2.95 bits per heavy atom. The molecule has 106 valence electrons. The van der Waals surface area contributed by atoms with Crippen molar-refractivity contribution >= 4 is 28.2 Å². The highest BCUT2D eigenvalue weighted by atomic mass is 16.5. The number of anilines is 2. The molecule has 4 N–H and O–H groups in total. The Kier molecular flexibility index (Phi) is 3.19. The van der Waals surface area contributed by atoms with Crippen LogP contribution >= 0.6 is 0 Å². The Morgan fingerprint density at radius 2 is 2.14 bits per heavy atom. The number of nitrogens with two attached hydrogens (primary N) is 1. The van der Waals surface area contributed by atoms with Gasteiger partial charge in [-0.15, -0.1) is 0 Å². The van der Waals surface area contributed by atoms with Crippen LogP contribution in [0, 0.1) is 0 Å². The summed E-state index contributed by atoms with van der Waals surface area (Å²) in [5, 5.41) is 10.5. The molecule has 0 unspecified atom stereocenters. The van der Waals surface area contributed by atoms with Crippen LogP contribution in [0.3, 0.4) is 0 Å². The number of nitrogen functional groups attached to an aromatic ring is 1. The third kappa shape index (κ3) is 2.51. The van der Waals surface area contributed by atoms with Crippen LogP contribution in [-0.2, 0) is 0 Å². The summed E-state index contributed by atoms with van der Waals surface area (Å²) in [4.78, 5) is 12.3. The van der Waals surface area contributed by atoms with Crippen molar-refractivity contribution in [1.29, 1.82) is 0 Å². The minimum atomic E-state index is -0.244. The number of methoxy groups -OCH3 is 1. The van der Waals surface area contributed by atoms with Gasteiger partial charge in [0.1, 0.15) is 5.75 Å². The number of carbonyl (C=O) groups excluding carboxylic acids is 1. The summed E-state index contributed by atoms with van der Waals surface area (Å²) < 4.78 is 5.12. The van der Waals surface area contributed by atoms with Gasteiger partial charge in [-0.25, -0.2) is 0 Å². The van der Waals surface area contributed by atoms with Gasteiger partial charge in [-0.3, -0.25) is 9.89 Å². The zero-order valence-corrected chi connectivity index (χ0v) is 11.4. The quantitative estimate of drug-likeness (QED) is 0.643. The van der Waals surface area contributed by atoms with Gasteiger partial charge in [0.05, 0.1) is 30.2 Å². The van der Waals surface area contributed by atoms with Crippen LogP contribution < -0.4 is 15.8 Å². The lowest BCUT2D eigenvalue weighted by Gasteiger charge is -2.10. The van der Waals surface area contributed by atoms with E-state index in [1.165, 1.54) is 0 Å². The van der Waals surface area contributed by atoms with E-state index < -0.39 is 0 Å². The minimum Gasteiger partial charge on any atom is -0.497 e. The van der Waals surface area contributed by atoms with Crippen molar-refractivity contribution in [2.75, 3.05) is 18.2 Å². The van der Waals surface area contributed by atoms with Crippen LogP contribution in [0.15, 0.2) is 42.6 Å². The van der Waals surface area contributed by atoms with Crippen molar-refractivity contribution in [2.45, 2.75) is 0 Å². The molecule has 0 bridgehead atoms. The molecule has 1 aromatic heterocycles. The van der Waals surface area contributed by atoms with Gasteiger partial charge in [-0.2, -0.15) is 5.10 Å². The molecule has 0 saturated carbocycles. The predicted octanol–water partition coefficient (Wildman–Crippen LogP) is 2.41. The number of carbonyl (C=O) groups is 1. The number of H-pyrrole nitrogens is 1. The molecule has 3 rings (SSSR count). The number of fused-ring (bicyclic) bond motifs is 1. The van der Waals surface area contributed by atoms with Crippen molar-refractivity contribution in [1.82, 2.24) is 10.2 Å². The van der Waals surface area contributed by atoms with Crippen LogP contribution in [0.4, 0.5) is 11.4 Å². The second-order valence-corrected chi connectivity index (χ2v) is 4.58. The Balaban J connectivity index is 1.88. The number of rotatable bonds is 3. The van der Waals surface area contributed by atoms with E-state index in [0.717, 1.165) is 10.9 Å². The first kappa shape index (κ1) is 13.0. The molecule has 0 aliphatic rings. The van der Waals surface area contributed by atoms with Gasteiger partial charge in [0, 0.05) is 17.0 Å². The van der Waals surface area contributed by atoms with Gasteiger partial charge in [0.15, 0.2) is 0 Å². The van der Waals surface area contributed by atoms with E-state index in [9.17, 15) is 4.79 Å². The van der Waals surface area contributed by atoms with Crippen molar-refractivity contribution < 1.29 is 9.53 Å². The number of nitrogens with zero attached hydrogens (tertiary/aromatic N) is 1. The van der Waals surface area contributed by atoms with Gasteiger partial charge in [0.2, 0.25) is 0 Å². The molecule has 0 spiro atoms. The molecule has 0 radical (unpaired) electrons. The summed E-state index contributed by atoms with van der Waals surface area (Å²) in [6.45, 7) is 0. The Bertz CT molecular complexity index is 810. The first-order chi connectivity index (χ1) is 10.2. The number of nitrogens with one attached hydrogen (secondary N) is 2. The van der Waals surface area contributed by atoms with Gasteiger partial charge < -0.3 is 15.8 Å². The second kappa shape index (κ2) is 5.16. The molecule has 6 nitrogen and oxygen atoms in total. The maximum atomic E-state index is 12.3. The fourth-order valence-corrected chi connectivity index (χ4v) is 2.04. The average Bonchev–Trinajstić information content (AvgIpc) is 2.96. The highest BCUT2D eigenvalue weighted by molar-refractivity contribution is 6.07. The van der Waals surface area contributed by atoms with Crippen LogP contribution in [0.2, 0.25) is 0 Å². The molecular weight excluding hydrogens is 268 g/mol. The molecule has 1 amide bonds. The SMILES string of the molecule is COc1ccc(N)c(NC(=O)c2ccc3cn[nH]c3c2)c1. The van der Waals surface area contributed by atoms with Crippen molar-refractivity contribution in [3.8, 4) is 5.75 Å². The molecule has 6 heteroatoms.